The smallest absolute Gasteiger partial charge is 0.187 e. The highest BCUT2D eigenvalue weighted by Crippen LogP contribution is 2.33. The van der Waals surface area contributed by atoms with Crippen LogP contribution in [0.1, 0.15) is 22.3 Å². The van der Waals surface area contributed by atoms with E-state index in [4.69, 9.17) is 52.1 Å². The fourth-order valence-corrected chi connectivity index (χ4v) is 7.07. The summed E-state index contributed by atoms with van der Waals surface area (Å²) in [5.74, 6) is 0. The van der Waals surface area contributed by atoms with E-state index in [2.05, 4.69) is 0 Å². The molecule has 6 rings (SSSR count). The maximum Gasteiger partial charge on any atom is 0.187 e. The van der Waals surface area contributed by atoms with Gasteiger partial charge in [-0.2, -0.15) is 0 Å². The van der Waals surface area contributed by atoms with Crippen molar-refractivity contribution >= 4 is 0 Å². The lowest BCUT2D eigenvalue weighted by Gasteiger charge is -2.47. The van der Waals surface area contributed by atoms with Crippen LogP contribution in [0.5, 0.6) is 0 Å². The molecule has 2 aliphatic rings. The van der Waals surface area contributed by atoms with Crippen LogP contribution in [0.3, 0.4) is 0 Å². The third kappa shape index (κ3) is 11.3. The second-order valence-electron chi connectivity index (χ2n) is 13.5. The first-order valence-corrected chi connectivity index (χ1v) is 18.7. The first-order valence-electron chi connectivity index (χ1n) is 18.7. The van der Waals surface area contributed by atoms with Gasteiger partial charge in [0.15, 0.2) is 12.6 Å². The predicted molar refractivity (Wildman–Crippen MR) is 204 cm³/mol. The van der Waals surface area contributed by atoms with Crippen molar-refractivity contribution in [3.05, 3.63) is 144 Å². The van der Waals surface area contributed by atoms with E-state index in [1.54, 1.807) is 28.4 Å². The van der Waals surface area contributed by atoms with E-state index in [0.717, 1.165) is 22.3 Å². The summed E-state index contributed by atoms with van der Waals surface area (Å²) in [4.78, 5) is 0. The molecule has 4 aromatic rings. The van der Waals surface area contributed by atoms with Gasteiger partial charge in [0.1, 0.15) is 48.8 Å². The zero-order valence-corrected chi connectivity index (χ0v) is 32.1. The van der Waals surface area contributed by atoms with E-state index in [1.165, 1.54) is 0 Å². The lowest BCUT2D eigenvalue weighted by molar-refractivity contribution is -0.346. The average Bonchev–Trinajstić information content (AvgIpc) is 3.24. The monoisotopic (exact) mass is 758 g/mol. The molecule has 0 radical (unpaired) electrons. The van der Waals surface area contributed by atoms with Crippen molar-refractivity contribution in [2.75, 3.05) is 41.7 Å². The zero-order chi connectivity index (χ0) is 38.2. The van der Waals surface area contributed by atoms with Gasteiger partial charge in [-0.25, -0.2) is 0 Å². The molecule has 0 aliphatic carbocycles. The zero-order valence-electron chi connectivity index (χ0n) is 32.1. The molecule has 2 aliphatic heterocycles. The summed E-state index contributed by atoms with van der Waals surface area (Å²) >= 11 is 0. The second-order valence-corrected chi connectivity index (χ2v) is 13.5. The van der Waals surface area contributed by atoms with Crippen LogP contribution in [0.25, 0.3) is 0 Å². The largest absolute Gasteiger partial charge is 0.376 e. The van der Waals surface area contributed by atoms with Gasteiger partial charge >= 0.3 is 0 Å². The number of hydrogen-bond donors (Lipinski definition) is 0. The highest BCUT2D eigenvalue weighted by molar-refractivity contribution is 5.16. The Morgan fingerprint density at radius 2 is 0.782 bits per heavy atom. The Morgan fingerprint density at radius 1 is 0.364 bits per heavy atom. The lowest BCUT2D eigenvalue weighted by Crippen LogP contribution is -2.63. The summed E-state index contributed by atoms with van der Waals surface area (Å²) in [6, 6.07) is 40.1. The van der Waals surface area contributed by atoms with Gasteiger partial charge in [-0.1, -0.05) is 121 Å². The van der Waals surface area contributed by atoms with Gasteiger partial charge in [0.2, 0.25) is 0 Å². The summed E-state index contributed by atoms with van der Waals surface area (Å²) in [7, 11) is 6.38. The third-order valence-corrected chi connectivity index (χ3v) is 9.91. The average molecular weight is 759 g/mol. The Balaban J connectivity index is 1.31. The number of ether oxygens (including phenoxy) is 11. The van der Waals surface area contributed by atoms with E-state index >= 15 is 0 Å². The van der Waals surface area contributed by atoms with Crippen LogP contribution >= 0.6 is 0 Å². The molecule has 2 heterocycles. The second kappa shape index (κ2) is 21.7. The van der Waals surface area contributed by atoms with Gasteiger partial charge in [-0.15, -0.1) is 0 Å². The van der Waals surface area contributed by atoms with Crippen molar-refractivity contribution in [1.82, 2.24) is 0 Å². The summed E-state index contributed by atoms with van der Waals surface area (Å²) in [6.45, 7) is 1.59. The molecule has 0 N–H and O–H groups in total. The molecular weight excluding hydrogens is 704 g/mol. The topological polar surface area (TPSA) is 102 Å². The van der Waals surface area contributed by atoms with Gasteiger partial charge in [0.05, 0.1) is 39.6 Å². The molecule has 296 valence electrons. The fourth-order valence-electron chi connectivity index (χ4n) is 7.07. The van der Waals surface area contributed by atoms with Crippen LogP contribution in [-0.4, -0.2) is 103 Å². The molecule has 11 heteroatoms. The molecule has 0 spiro atoms. The predicted octanol–water partition coefficient (Wildman–Crippen LogP) is 6.12. The summed E-state index contributed by atoms with van der Waals surface area (Å²) in [5, 5.41) is 0. The molecule has 0 saturated carbocycles. The van der Waals surface area contributed by atoms with Gasteiger partial charge in [0.25, 0.3) is 0 Å². The van der Waals surface area contributed by atoms with Crippen LogP contribution in [0.2, 0.25) is 0 Å². The van der Waals surface area contributed by atoms with Crippen LogP contribution in [0.4, 0.5) is 0 Å². The quantitative estimate of drug-likeness (QED) is 0.104. The number of methoxy groups -OCH3 is 4. The van der Waals surface area contributed by atoms with E-state index in [9.17, 15) is 0 Å². The molecule has 4 aromatic carbocycles. The minimum absolute atomic E-state index is 0.0586. The minimum Gasteiger partial charge on any atom is -0.376 e. The maximum absolute atomic E-state index is 6.86. The molecule has 10 atom stereocenters. The number of rotatable bonds is 20. The molecule has 0 bridgehead atoms. The van der Waals surface area contributed by atoms with Crippen molar-refractivity contribution in [2.24, 2.45) is 0 Å². The molecule has 2 fully saturated rings. The first-order chi connectivity index (χ1) is 27.1. The van der Waals surface area contributed by atoms with E-state index < -0.39 is 61.4 Å². The van der Waals surface area contributed by atoms with E-state index in [-0.39, 0.29) is 19.8 Å². The van der Waals surface area contributed by atoms with Crippen molar-refractivity contribution < 1.29 is 52.1 Å². The Bertz CT molecular complexity index is 1620. The molecule has 55 heavy (non-hydrogen) atoms. The Kier molecular flexibility index (Phi) is 16.2. The molecule has 2 saturated heterocycles. The lowest BCUT2D eigenvalue weighted by atomic mass is 9.97. The maximum atomic E-state index is 6.86. The van der Waals surface area contributed by atoms with Gasteiger partial charge < -0.3 is 52.1 Å². The minimum atomic E-state index is -0.922. The van der Waals surface area contributed by atoms with E-state index in [0.29, 0.717) is 19.8 Å². The molecular formula is C44H54O11. The van der Waals surface area contributed by atoms with Crippen LogP contribution in [0.15, 0.2) is 121 Å². The SMILES string of the molecule is COC1C(OC)[C@H](OC)C(CO[C@@H]2OC(COCc3ccccc3)[C@H](OCc3ccccc3)C(OCc3ccccc3)C2OCc2ccccc2)O[C@@H]1OC. The number of hydrogen-bond acceptors (Lipinski definition) is 11. The summed E-state index contributed by atoms with van der Waals surface area (Å²) < 4.78 is 69.8. The fraction of sp³-hybridized carbons (Fsp3) is 0.455. The Morgan fingerprint density at radius 3 is 1.25 bits per heavy atom. The van der Waals surface area contributed by atoms with Crippen molar-refractivity contribution in [2.45, 2.75) is 87.8 Å². The van der Waals surface area contributed by atoms with Gasteiger partial charge in [-0.3, -0.25) is 0 Å². The molecule has 0 aromatic heterocycles. The standard InChI is InChI=1S/C44H54O11/c1-45-37-36(54-43(48-4)41(47-3)39(37)46-2)30-53-44-42(52-28-34-23-15-8-16-24-34)40(51-27-33-21-13-7-14-22-33)38(50-26-32-19-11-6-12-20-32)35(55-44)29-49-25-31-17-9-5-10-18-31/h5-24,35-44H,25-30H2,1-4H3/t35?,36?,37-,38+,39?,40?,41?,42?,43+,44-/m1/s1. The highest BCUT2D eigenvalue weighted by atomic mass is 16.7. The normalized spacial score (nSPS) is 28.2. The Hall–Kier alpha value is -3.56. The summed E-state index contributed by atoms with van der Waals surface area (Å²) in [5.41, 5.74) is 4.06. The molecule has 0 amide bonds. The third-order valence-electron chi connectivity index (χ3n) is 9.91. The molecule has 6 unspecified atom stereocenters. The Labute approximate surface area is 324 Å². The van der Waals surface area contributed by atoms with Crippen LogP contribution in [-0.2, 0) is 78.5 Å². The van der Waals surface area contributed by atoms with Crippen LogP contribution < -0.4 is 0 Å². The highest BCUT2D eigenvalue weighted by Gasteiger charge is 2.51. The van der Waals surface area contributed by atoms with E-state index in [1.807, 2.05) is 121 Å². The molecule has 11 nitrogen and oxygen atoms in total. The van der Waals surface area contributed by atoms with Crippen molar-refractivity contribution in [1.29, 1.82) is 0 Å². The number of benzene rings is 4. The van der Waals surface area contributed by atoms with Gasteiger partial charge in [-0.05, 0) is 22.3 Å². The summed E-state index contributed by atoms with van der Waals surface area (Å²) in [6.07, 6.45) is -6.36. The van der Waals surface area contributed by atoms with Crippen LogP contribution in [0, 0.1) is 0 Å². The first kappa shape index (κ1) is 41.1. The van der Waals surface area contributed by atoms with Gasteiger partial charge in [0, 0.05) is 28.4 Å². The van der Waals surface area contributed by atoms with Crippen molar-refractivity contribution in [3.8, 4) is 0 Å². The van der Waals surface area contributed by atoms with Crippen molar-refractivity contribution in [3.63, 3.8) is 0 Å².